The van der Waals surface area contributed by atoms with E-state index >= 15 is 0 Å². The third-order valence-electron chi connectivity index (χ3n) is 4.73. The van der Waals surface area contributed by atoms with Gasteiger partial charge in [0.1, 0.15) is 0 Å². The summed E-state index contributed by atoms with van der Waals surface area (Å²) >= 11 is 5.20. The van der Waals surface area contributed by atoms with Crippen molar-refractivity contribution in [2.45, 2.75) is 48.0 Å². The van der Waals surface area contributed by atoms with Crippen molar-refractivity contribution in [2.24, 2.45) is 0 Å². The summed E-state index contributed by atoms with van der Waals surface area (Å²) in [5, 5.41) is 1.68. The molecule has 0 heterocycles. The van der Waals surface area contributed by atoms with E-state index < -0.39 is 0 Å². The predicted molar refractivity (Wildman–Crippen MR) is 144 cm³/mol. The van der Waals surface area contributed by atoms with Crippen LogP contribution in [0.1, 0.15) is 53.5 Å². The number of thiocarbonyl (C=S) groups is 1. The van der Waals surface area contributed by atoms with E-state index in [1.807, 2.05) is 25.1 Å². The lowest BCUT2D eigenvalue weighted by Crippen LogP contribution is -1.99. The normalized spacial score (nSPS) is 12.7. The molecule has 0 aliphatic heterocycles. The molecule has 1 heteroatoms. The molecule has 31 heavy (non-hydrogen) atoms. The highest BCUT2D eigenvalue weighted by atomic mass is 32.1. The Morgan fingerprint density at radius 2 is 1.68 bits per heavy atom. The van der Waals surface area contributed by atoms with Gasteiger partial charge in [0.05, 0.1) is 0 Å². The predicted octanol–water partition coefficient (Wildman–Crippen LogP) is 8.77. The summed E-state index contributed by atoms with van der Waals surface area (Å²) in [4.78, 5) is 0. The first-order valence-corrected chi connectivity index (χ1v) is 10.9. The van der Waals surface area contributed by atoms with Crippen LogP contribution in [0.15, 0.2) is 106 Å². The maximum Gasteiger partial charge on any atom is 0.0349 e. The van der Waals surface area contributed by atoms with Crippen LogP contribution in [0.3, 0.4) is 0 Å². The molecule has 0 aromatic heterocycles. The summed E-state index contributed by atoms with van der Waals surface area (Å²) in [7, 11) is 0. The fourth-order valence-corrected chi connectivity index (χ4v) is 3.23. The first-order valence-electron chi connectivity index (χ1n) is 10.5. The van der Waals surface area contributed by atoms with Gasteiger partial charge in [-0.25, -0.2) is 0 Å². The molecule has 0 bridgehead atoms. The second kappa shape index (κ2) is 13.4. The average molecular weight is 427 g/mol. The van der Waals surface area contributed by atoms with Gasteiger partial charge in [-0.1, -0.05) is 96.2 Å². The zero-order valence-electron chi connectivity index (χ0n) is 19.8. The van der Waals surface area contributed by atoms with Gasteiger partial charge >= 0.3 is 0 Å². The van der Waals surface area contributed by atoms with Gasteiger partial charge in [0, 0.05) is 11.8 Å². The Balaban J connectivity index is 3.78. The number of hydrogen-bond acceptors (Lipinski definition) is 1. The first-order chi connectivity index (χ1) is 14.7. The molecule has 0 fully saturated rings. The highest BCUT2D eigenvalue weighted by Gasteiger charge is 2.15. The van der Waals surface area contributed by atoms with Crippen molar-refractivity contribution in [2.75, 3.05) is 0 Å². The number of allylic oxidation sites excluding steroid dienone is 13. The minimum atomic E-state index is 0.491. The van der Waals surface area contributed by atoms with Crippen molar-refractivity contribution in [3.63, 3.8) is 0 Å². The second-order valence-corrected chi connectivity index (χ2v) is 8.12. The molecular weight excluding hydrogens is 392 g/mol. The van der Waals surface area contributed by atoms with E-state index in [-0.39, 0.29) is 0 Å². The second-order valence-electron chi connectivity index (χ2n) is 7.89. The van der Waals surface area contributed by atoms with Gasteiger partial charge in [-0.15, -0.1) is 12.3 Å². The molecule has 0 radical (unpaired) electrons. The van der Waals surface area contributed by atoms with Gasteiger partial charge in [0.15, 0.2) is 0 Å². The molecule has 0 spiro atoms. The number of benzene rings is 1. The van der Waals surface area contributed by atoms with Gasteiger partial charge in [-0.2, -0.15) is 0 Å². The van der Waals surface area contributed by atoms with Crippen LogP contribution in [-0.4, -0.2) is 5.37 Å². The van der Waals surface area contributed by atoms with Crippen LogP contribution >= 0.6 is 12.2 Å². The SMILES string of the molecule is C#CC/C(C(=C)/C=C/C(C=S)=C/C(C)=C\C)=C(\C(C=C(C)C)=C(C)C)c1ccccc1. The maximum absolute atomic E-state index is 5.80. The molecule has 0 N–H and O–H groups in total. The van der Waals surface area contributed by atoms with Gasteiger partial charge in [-0.3, -0.25) is 0 Å². The van der Waals surface area contributed by atoms with E-state index in [1.54, 1.807) is 5.37 Å². The highest BCUT2D eigenvalue weighted by Crippen LogP contribution is 2.35. The van der Waals surface area contributed by atoms with E-state index in [4.69, 9.17) is 18.6 Å². The van der Waals surface area contributed by atoms with Crippen LogP contribution < -0.4 is 0 Å². The lowest BCUT2D eigenvalue weighted by molar-refractivity contribution is 1.25. The zero-order chi connectivity index (χ0) is 23.4. The maximum atomic E-state index is 5.80. The average Bonchev–Trinajstić information content (AvgIpc) is 2.75. The molecule has 0 amide bonds. The summed E-state index contributed by atoms with van der Waals surface area (Å²) in [6.07, 6.45) is 16.7. The lowest BCUT2D eigenvalue weighted by Gasteiger charge is -2.19. The Bertz CT molecular complexity index is 1020. The first kappa shape index (κ1) is 26.1. The largest absolute Gasteiger partial charge is 0.120 e. The van der Waals surface area contributed by atoms with Gasteiger partial charge in [0.25, 0.3) is 0 Å². The molecule has 0 nitrogen and oxygen atoms in total. The summed E-state index contributed by atoms with van der Waals surface area (Å²) in [5.74, 6) is 2.84. The fraction of sp³-hybridized carbons (Fsp3) is 0.233. The fourth-order valence-electron chi connectivity index (χ4n) is 3.08. The molecule has 0 atom stereocenters. The highest BCUT2D eigenvalue weighted by molar-refractivity contribution is 7.79. The Kier molecular flexibility index (Phi) is 11.3. The van der Waals surface area contributed by atoms with Gasteiger partial charge < -0.3 is 0 Å². The van der Waals surface area contributed by atoms with E-state index in [0.717, 1.165) is 33.4 Å². The molecule has 1 aromatic carbocycles. The van der Waals surface area contributed by atoms with Crippen LogP contribution in [0.4, 0.5) is 0 Å². The smallest absolute Gasteiger partial charge is 0.0349 e. The quantitative estimate of drug-likeness (QED) is 0.164. The van der Waals surface area contributed by atoms with E-state index in [0.29, 0.717) is 6.42 Å². The van der Waals surface area contributed by atoms with Gasteiger partial charge in [0.2, 0.25) is 0 Å². The number of hydrogen-bond donors (Lipinski definition) is 0. The summed E-state index contributed by atoms with van der Waals surface area (Å²) in [6.45, 7) is 16.9. The van der Waals surface area contributed by atoms with Crippen LogP contribution in [0.25, 0.3) is 5.57 Å². The minimum Gasteiger partial charge on any atom is -0.120 e. The lowest BCUT2D eigenvalue weighted by atomic mass is 9.85. The van der Waals surface area contributed by atoms with Crippen molar-refractivity contribution in [3.05, 3.63) is 112 Å². The van der Waals surface area contributed by atoms with E-state index in [1.165, 1.54) is 16.7 Å². The third-order valence-corrected chi connectivity index (χ3v) is 5.01. The van der Waals surface area contributed by atoms with Gasteiger partial charge in [-0.05, 0) is 75.0 Å². The van der Waals surface area contributed by atoms with Crippen LogP contribution in [0.2, 0.25) is 0 Å². The zero-order valence-corrected chi connectivity index (χ0v) is 20.6. The van der Waals surface area contributed by atoms with Crippen molar-refractivity contribution >= 4 is 23.2 Å². The van der Waals surface area contributed by atoms with E-state index in [9.17, 15) is 0 Å². The van der Waals surface area contributed by atoms with Crippen molar-refractivity contribution in [1.82, 2.24) is 0 Å². The summed E-state index contributed by atoms with van der Waals surface area (Å²) < 4.78 is 0. The molecule has 0 unspecified atom stereocenters. The van der Waals surface area contributed by atoms with Crippen LogP contribution in [-0.2, 0) is 0 Å². The molecule has 0 saturated carbocycles. The topological polar surface area (TPSA) is 0 Å². The third kappa shape index (κ3) is 8.36. The van der Waals surface area contributed by atoms with Crippen molar-refractivity contribution < 1.29 is 0 Å². The Morgan fingerprint density at radius 1 is 1.03 bits per heavy atom. The van der Waals surface area contributed by atoms with Crippen molar-refractivity contribution in [3.8, 4) is 12.3 Å². The molecule has 0 aliphatic carbocycles. The molecule has 1 rings (SSSR count). The van der Waals surface area contributed by atoms with Crippen LogP contribution in [0, 0.1) is 12.3 Å². The Morgan fingerprint density at radius 3 is 2.16 bits per heavy atom. The van der Waals surface area contributed by atoms with Crippen LogP contribution in [0.5, 0.6) is 0 Å². The molecule has 1 aromatic rings. The summed E-state index contributed by atoms with van der Waals surface area (Å²) in [6, 6.07) is 10.4. The van der Waals surface area contributed by atoms with E-state index in [2.05, 4.69) is 89.6 Å². The molecule has 0 aliphatic rings. The summed E-state index contributed by atoms with van der Waals surface area (Å²) in [5.41, 5.74) is 9.96. The Labute approximate surface area is 195 Å². The minimum absolute atomic E-state index is 0.491. The number of terminal acetylenes is 1. The monoisotopic (exact) mass is 426 g/mol. The van der Waals surface area contributed by atoms with Crippen molar-refractivity contribution in [1.29, 1.82) is 0 Å². The molecular formula is C30H34S. The molecule has 0 saturated heterocycles. The standard InChI is InChI=1S/C30H34S/c1-9-14-28(25(8)17-18-26(21-31)20-24(7)10-2)30(27-15-12-11-13-16-27)29(23(5)6)19-22(3)4/h1,10-13,15-21H,8,14H2,2-7H3/b18-17+,24-10-,26-20-,30-28+. The number of rotatable bonds is 9. The molecule has 160 valence electrons. The Hall–Kier alpha value is -2.95.